The number of halogens is 1. The van der Waals surface area contributed by atoms with Crippen molar-refractivity contribution in [3.05, 3.63) is 63.2 Å². The van der Waals surface area contributed by atoms with E-state index in [1.54, 1.807) is 17.8 Å². The zero-order valence-corrected chi connectivity index (χ0v) is 14.3. The minimum Gasteiger partial charge on any atom is -0.383 e. The number of benzene rings is 2. The maximum atomic E-state index is 10.7. The molecule has 0 spiro atoms. The van der Waals surface area contributed by atoms with Gasteiger partial charge in [0.2, 0.25) is 0 Å². The van der Waals surface area contributed by atoms with E-state index in [2.05, 4.69) is 41.2 Å². The Balaban J connectivity index is 1.73. The van der Waals surface area contributed by atoms with E-state index < -0.39 is 4.92 Å². The number of rotatable bonds is 8. The van der Waals surface area contributed by atoms with Gasteiger partial charge in [-0.15, -0.1) is 11.8 Å². The molecule has 0 atom stereocenters. The van der Waals surface area contributed by atoms with Crippen LogP contribution in [0.3, 0.4) is 0 Å². The lowest BCUT2D eigenvalue weighted by Crippen LogP contribution is -2.21. The Hall–Kier alpha value is -1.76. The molecule has 23 heavy (non-hydrogen) atoms. The second-order valence-corrected chi connectivity index (χ2v) is 6.16. The number of nitro benzene ring substituents is 1. The molecule has 5 nitrogen and oxygen atoms in total. The van der Waals surface area contributed by atoms with Gasteiger partial charge in [0.1, 0.15) is 0 Å². The van der Waals surface area contributed by atoms with Crippen molar-refractivity contribution < 1.29 is 4.92 Å². The molecule has 0 aliphatic rings. The molecule has 7 heteroatoms. The largest absolute Gasteiger partial charge is 0.383 e. The highest BCUT2D eigenvalue weighted by Gasteiger charge is 2.08. The molecule has 2 N–H and O–H groups in total. The van der Waals surface area contributed by atoms with Crippen LogP contribution in [-0.4, -0.2) is 24.3 Å². The van der Waals surface area contributed by atoms with Crippen LogP contribution in [-0.2, 0) is 6.54 Å². The minimum absolute atomic E-state index is 0.00707. The number of anilines is 1. The Kier molecular flexibility index (Phi) is 6.70. The molecule has 0 bridgehead atoms. The first kappa shape index (κ1) is 17.6. The van der Waals surface area contributed by atoms with Crippen LogP contribution in [0, 0.1) is 10.1 Å². The second kappa shape index (κ2) is 8.76. The van der Waals surface area contributed by atoms with Crippen molar-refractivity contribution >= 4 is 34.7 Å². The first-order valence-electron chi connectivity index (χ1n) is 7.11. The number of nitrogens with one attached hydrogen (secondary N) is 2. The molecule has 0 heterocycles. The molecule has 2 rings (SSSR count). The molecule has 0 radical (unpaired) electrons. The predicted molar refractivity (Wildman–Crippen MR) is 96.5 cm³/mol. The summed E-state index contributed by atoms with van der Waals surface area (Å²) in [4.78, 5) is 11.4. The highest BCUT2D eigenvalue weighted by Crippen LogP contribution is 2.26. The fourth-order valence-electron chi connectivity index (χ4n) is 2.02. The topological polar surface area (TPSA) is 67.2 Å². The molecule has 0 aromatic heterocycles. The van der Waals surface area contributed by atoms with Crippen LogP contribution in [0.25, 0.3) is 0 Å². The summed E-state index contributed by atoms with van der Waals surface area (Å²) in [6, 6.07) is 12.9. The Bertz CT molecular complexity index is 665. The molecule has 0 amide bonds. The summed E-state index contributed by atoms with van der Waals surface area (Å²) < 4.78 is 0. The number of nitrogens with zero attached hydrogens (tertiary/aromatic N) is 1. The summed E-state index contributed by atoms with van der Waals surface area (Å²) in [7, 11) is 0. The Morgan fingerprint density at radius 3 is 2.52 bits per heavy atom. The van der Waals surface area contributed by atoms with E-state index in [-0.39, 0.29) is 5.69 Å². The van der Waals surface area contributed by atoms with Gasteiger partial charge in [-0.2, -0.15) is 0 Å². The van der Waals surface area contributed by atoms with Crippen molar-refractivity contribution in [3.8, 4) is 0 Å². The van der Waals surface area contributed by atoms with Crippen molar-refractivity contribution in [1.82, 2.24) is 5.32 Å². The number of thioether (sulfide) groups is 1. The summed E-state index contributed by atoms with van der Waals surface area (Å²) in [6.45, 7) is 2.24. The number of nitro groups is 1. The van der Waals surface area contributed by atoms with E-state index in [1.807, 2.05) is 0 Å². The molecule has 2 aromatic rings. The Morgan fingerprint density at radius 1 is 1.17 bits per heavy atom. The van der Waals surface area contributed by atoms with Crippen LogP contribution in [0.1, 0.15) is 5.56 Å². The summed E-state index contributed by atoms with van der Waals surface area (Å²) in [5.41, 5.74) is 1.92. The van der Waals surface area contributed by atoms with Gasteiger partial charge >= 0.3 is 0 Å². The third kappa shape index (κ3) is 5.42. The average Bonchev–Trinajstić information content (AvgIpc) is 2.56. The lowest BCUT2D eigenvalue weighted by Gasteiger charge is -2.09. The van der Waals surface area contributed by atoms with Crippen LogP contribution in [0.2, 0.25) is 5.02 Å². The van der Waals surface area contributed by atoms with Crippen molar-refractivity contribution in [2.75, 3.05) is 24.7 Å². The average molecular weight is 352 g/mol. The van der Waals surface area contributed by atoms with Crippen LogP contribution >= 0.6 is 23.4 Å². The van der Waals surface area contributed by atoms with E-state index in [4.69, 9.17) is 11.6 Å². The van der Waals surface area contributed by atoms with Gasteiger partial charge in [0.05, 0.1) is 15.6 Å². The normalized spacial score (nSPS) is 10.5. The monoisotopic (exact) mass is 351 g/mol. The molecule has 122 valence electrons. The van der Waals surface area contributed by atoms with Crippen molar-refractivity contribution in [2.45, 2.75) is 11.4 Å². The molecule has 0 saturated carbocycles. The van der Waals surface area contributed by atoms with Gasteiger partial charge in [0.15, 0.2) is 0 Å². The fourth-order valence-corrected chi connectivity index (χ4v) is 2.67. The van der Waals surface area contributed by atoms with Crippen LogP contribution in [0.4, 0.5) is 11.4 Å². The molecule has 0 fully saturated rings. The van der Waals surface area contributed by atoms with E-state index in [0.29, 0.717) is 17.3 Å². The number of hydrogen-bond donors (Lipinski definition) is 2. The van der Waals surface area contributed by atoms with Crippen molar-refractivity contribution in [1.29, 1.82) is 0 Å². The van der Waals surface area contributed by atoms with Gasteiger partial charge in [-0.3, -0.25) is 10.1 Å². The summed E-state index contributed by atoms with van der Waals surface area (Å²) >= 11 is 7.75. The lowest BCUT2D eigenvalue weighted by molar-refractivity contribution is -0.384. The summed E-state index contributed by atoms with van der Waals surface area (Å²) in [5, 5.41) is 17.5. The van der Waals surface area contributed by atoms with Gasteiger partial charge in [-0.05, 0) is 30.0 Å². The summed E-state index contributed by atoms with van der Waals surface area (Å²) in [6.07, 6.45) is 2.06. The fraction of sp³-hybridized carbons (Fsp3) is 0.250. The van der Waals surface area contributed by atoms with E-state index in [1.165, 1.54) is 22.6 Å². The first-order valence-corrected chi connectivity index (χ1v) is 8.72. The van der Waals surface area contributed by atoms with E-state index in [9.17, 15) is 10.1 Å². The minimum atomic E-state index is -0.459. The highest BCUT2D eigenvalue weighted by molar-refractivity contribution is 7.98. The maximum absolute atomic E-state index is 10.7. The molecular weight excluding hydrogens is 334 g/mol. The van der Waals surface area contributed by atoms with E-state index >= 15 is 0 Å². The van der Waals surface area contributed by atoms with Crippen LogP contribution in [0.15, 0.2) is 47.4 Å². The molecule has 0 aliphatic heterocycles. The van der Waals surface area contributed by atoms with Crippen LogP contribution < -0.4 is 10.6 Å². The molecule has 0 aliphatic carbocycles. The van der Waals surface area contributed by atoms with Crippen molar-refractivity contribution in [2.24, 2.45) is 0 Å². The molecule has 2 aromatic carbocycles. The van der Waals surface area contributed by atoms with Gasteiger partial charge in [0.25, 0.3) is 5.69 Å². The molecule has 0 saturated heterocycles. The standard InChI is InChI=1S/C16H18ClN3O2S/c1-23-14-5-2-12(3-6-14)11-18-8-9-19-16-7-4-13(20(21)22)10-15(16)17/h2-7,10,18-19H,8-9,11H2,1H3. The number of hydrogen-bond acceptors (Lipinski definition) is 5. The second-order valence-electron chi connectivity index (χ2n) is 4.87. The maximum Gasteiger partial charge on any atom is 0.271 e. The predicted octanol–water partition coefficient (Wildman–Crippen LogP) is 4.17. The Morgan fingerprint density at radius 2 is 1.91 bits per heavy atom. The van der Waals surface area contributed by atoms with Gasteiger partial charge < -0.3 is 10.6 Å². The highest BCUT2D eigenvalue weighted by atomic mass is 35.5. The SMILES string of the molecule is CSc1ccc(CNCCNc2ccc([N+](=O)[O-])cc2Cl)cc1. The molecular formula is C16H18ClN3O2S. The zero-order valence-electron chi connectivity index (χ0n) is 12.7. The van der Waals surface area contributed by atoms with Crippen molar-refractivity contribution in [3.63, 3.8) is 0 Å². The zero-order chi connectivity index (χ0) is 16.7. The lowest BCUT2D eigenvalue weighted by atomic mass is 10.2. The molecule has 0 unspecified atom stereocenters. The van der Waals surface area contributed by atoms with Gasteiger partial charge in [-0.25, -0.2) is 0 Å². The Labute approximate surface area is 144 Å². The van der Waals surface area contributed by atoms with Crippen LogP contribution in [0.5, 0.6) is 0 Å². The smallest absolute Gasteiger partial charge is 0.271 e. The number of non-ortho nitro benzene ring substituents is 1. The van der Waals surface area contributed by atoms with E-state index in [0.717, 1.165) is 13.1 Å². The quantitative estimate of drug-likeness (QED) is 0.323. The van der Waals surface area contributed by atoms with Gasteiger partial charge in [-0.1, -0.05) is 23.7 Å². The summed E-state index contributed by atoms with van der Waals surface area (Å²) in [5.74, 6) is 0. The third-order valence-corrected chi connectivity index (χ3v) is 4.33. The van der Waals surface area contributed by atoms with Gasteiger partial charge in [0, 0.05) is 36.7 Å². The third-order valence-electron chi connectivity index (χ3n) is 3.27. The first-order chi connectivity index (χ1) is 11.1.